The van der Waals surface area contributed by atoms with E-state index in [1.807, 2.05) is 72.8 Å². The zero-order chi connectivity index (χ0) is 38.7. The highest BCUT2D eigenvalue weighted by molar-refractivity contribution is 7.26. The first-order chi connectivity index (χ1) is 28.7. The van der Waals surface area contributed by atoms with E-state index in [1.165, 1.54) is 21.0 Å². The summed E-state index contributed by atoms with van der Waals surface area (Å²) in [5.41, 5.74) is 11.2. The van der Waals surface area contributed by atoms with E-state index in [4.69, 9.17) is 19.4 Å². The minimum atomic E-state index is 0.645. The van der Waals surface area contributed by atoms with Gasteiger partial charge in [0.05, 0.1) is 11.2 Å². The summed E-state index contributed by atoms with van der Waals surface area (Å²) in [6.07, 6.45) is 5.95. The number of aryl methyl sites for hydroxylation is 1. The third-order valence-electron chi connectivity index (χ3n) is 11.1. The van der Waals surface area contributed by atoms with Crippen molar-refractivity contribution in [3.05, 3.63) is 188 Å². The van der Waals surface area contributed by atoms with Gasteiger partial charge in [-0.2, -0.15) is 0 Å². The summed E-state index contributed by atoms with van der Waals surface area (Å²) in [5, 5.41) is 5.70. The Morgan fingerprint density at radius 2 is 1.14 bits per heavy atom. The molecule has 11 rings (SSSR count). The van der Waals surface area contributed by atoms with Crippen LogP contribution in [0.5, 0.6) is 0 Å². The lowest BCUT2D eigenvalue weighted by molar-refractivity contribution is 0.667. The third kappa shape index (κ3) is 5.34. The standard InChI is InChI=1S/C52H34N4OS/c1-3-4-28-42-32(2)35-21-11-12-29-43(35)56(42)44-30-15-25-39-38-24-13-23-37(47(38)57-48(39)44)36-22-16-31-45-46(36)40-26-14-27-41(49(40)58-45)52-54-50(33-17-7-5-8-18-33)53-51(55-52)34-19-9-6-10-20-34/h3-31H,1H2,2H3/b28-4-. The Hall–Kier alpha value is -7.41. The number of para-hydroxylation sites is 3. The number of nitrogens with zero attached hydrogens (tertiary/aromatic N) is 4. The molecule has 0 fully saturated rings. The molecule has 0 aliphatic carbocycles. The Morgan fingerprint density at radius 1 is 0.552 bits per heavy atom. The maximum Gasteiger partial charge on any atom is 0.165 e. The molecule has 11 aromatic rings. The van der Waals surface area contributed by atoms with Crippen LogP contribution in [0.1, 0.15) is 11.3 Å². The molecule has 5 nitrogen and oxygen atoms in total. The van der Waals surface area contributed by atoms with Crippen LogP contribution in [0, 0.1) is 6.92 Å². The quantitative estimate of drug-likeness (QED) is 0.152. The van der Waals surface area contributed by atoms with Crippen LogP contribution in [0.15, 0.2) is 181 Å². The van der Waals surface area contributed by atoms with E-state index in [0.717, 1.165) is 76.7 Å². The average molecular weight is 763 g/mol. The number of rotatable bonds is 7. The van der Waals surface area contributed by atoms with Gasteiger partial charge in [0.15, 0.2) is 23.1 Å². The maximum atomic E-state index is 7.09. The Bertz CT molecular complexity index is 3370. The SMILES string of the molecule is C=C/C=C\c1c(C)c2ccccc2n1-c1cccc2c1oc1c(-c3cccc4sc5c(-c6nc(-c7ccccc7)nc(-c7ccccc7)n6)cccc5c34)cccc12. The Kier molecular flexibility index (Phi) is 7.98. The predicted molar refractivity (Wildman–Crippen MR) is 243 cm³/mol. The molecule has 4 aromatic heterocycles. The molecule has 7 aromatic carbocycles. The zero-order valence-electron chi connectivity index (χ0n) is 31.6. The number of benzene rings is 7. The molecule has 0 aliphatic heterocycles. The molecule has 0 spiro atoms. The van der Waals surface area contributed by atoms with E-state index in [9.17, 15) is 0 Å². The second kappa shape index (κ2) is 13.7. The topological polar surface area (TPSA) is 56.7 Å². The first-order valence-corrected chi connectivity index (χ1v) is 20.1. The first-order valence-electron chi connectivity index (χ1n) is 19.3. The number of thiophene rings is 1. The van der Waals surface area contributed by atoms with Crippen LogP contribution in [-0.2, 0) is 0 Å². The summed E-state index contributed by atoms with van der Waals surface area (Å²) >= 11 is 1.77. The van der Waals surface area contributed by atoms with Crippen molar-refractivity contribution in [3.8, 4) is 51.0 Å². The average Bonchev–Trinajstić information content (AvgIpc) is 3.95. The van der Waals surface area contributed by atoms with Crippen molar-refractivity contribution in [1.29, 1.82) is 0 Å². The van der Waals surface area contributed by atoms with Crippen molar-refractivity contribution in [2.45, 2.75) is 6.92 Å². The number of hydrogen-bond acceptors (Lipinski definition) is 5. The van der Waals surface area contributed by atoms with Crippen LogP contribution in [0.3, 0.4) is 0 Å². The van der Waals surface area contributed by atoms with Gasteiger partial charge in [-0.05, 0) is 48.4 Å². The van der Waals surface area contributed by atoms with Gasteiger partial charge in [0.25, 0.3) is 0 Å². The van der Waals surface area contributed by atoms with E-state index >= 15 is 0 Å². The summed E-state index contributed by atoms with van der Waals surface area (Å²) in [6, 6.07) is 54.8. The Morgan fingerprint density at radius 3 is 1.88 bits per heavy atom. The third-order valence-corrected chi connectivity index (χ3v) is 12.3. The van der Waals surface area contributed by atoms with Crippen molar-refractivity contribution in [3.63, 3.8) is 0 Å². The van der Waals surface area contributed by atoms with Gasteiger partial charge in [-0.3, -0.25) is 0 Å². The first kappa shape index (κ1) is 33.9. The van der Waals surface area contributed by atoms with Crippen LogP contribution in [0.2, 0.25) is 0 Å². The Balaban J connectivity index is 1.12. The number of fused-ring (bicyclic) bond motifs is 7. The van der Waals surface area contributed by atoms with E-state index in [-0.39, 0.29) is 0 Å². The fraction of sp³-hybridized carbons (Fsp3) is 0.0192. The van der Waals surface area contributed by atoms with Gasteiger partial charge >= 0.3 is 0 Å². The normalized spacial score (nSPS) is 11.9. The highest BCUT2D eigenvalue weighted by atomic mass is 32.1. The van der Waals surface area contributed by atoms with Gasteiger partial charge in [-0.1, -0.05) is 152 Å². The van der Waals surface area contributed by atoms with Crippen molar-refractivity contribution in [1.82, 2.24) is 19.5 Å². The molecule has 6 heteroatoms. The summed E-state index contributed by atoms with van der Waals surface area (Å²) in [5.74, 6) is 1.94. The number of hydrogen-bond donors (Lipinski definition) is 0. The molecular formula is C52H34N4OS. The van der Waals surface area contributed by atoms with Crippen LogP contribution >= 0.6 is 11.3 Å². The van der Waals surface area contributed by atoms with Crippen LogP contribution < -0.4 is 0 Å². The molecule has 0 atom stereocenters. The van der Waals surface area contributed by atoms with Crippen LogP contribution in [0.4, 0.5) is 0 Å². The summed E-state index contributed by atoms with van der Waals surface area (Å²) in [6.45, 7) is 6.12. The molecule has 4 heterocycles. The molecule has 0 N–H and O–H groups in total. The minimum Gasteiger partial charge on any atom is -0.453 e. The lowest BCUT2D eigenvalue weighted by Crippen LogP contribution is -2.00. The molecule has 0 saturated heterocycles. The zero-order valence-corrected chi connectivity index (χ0v) is 32.4. The van der Waals surface area contributed by atoms with Crippen molar-refractivity contribution >= 4 is 70.4 Å². The van der Waals surface area contributed by atoms with Crippen LogP contribution in [0.25, 0.3) is 110 Å². The fourth-order valence-corrected chi connectivity index (χ4v) is 9.65. The number of furan rings is 1. The van der Waals surface area contributed by atoms with Crippen molar-refractivity contribution < 1.29 is 4.42 Å². The fourth-order valence-electron chi connectivity index (χ4n) is 8.41. The Labute approximate surface area is 338 Å². The van der Waals surface area contributed by atoms with Gasteiger partial charge in [0.2, 0.25) is 0 Å². The highest BCUT2D eigenvalue weighted by Crippen LogP contribution is 2.46. The van der Waals surface area contributed by atoms with Gasteiger partial charge in [-0.15, -0.1) is 11.3 Å². The molecule has 0 radical (unpaired) electrons. The summed E-state index contributed by atoms with van der Waals surface area (Å²) < 4.78 is 11.7. The number of allylic oxidation sites excluding steroid dienone is 2. The lowest BCUT2D eigenvalue weighted by atomic mass is 9.97. The predicted octanol–water partition coefficient (Wildman–Crippen LogP) is 14.3. The molecule has 0 amide bonds. The van der Waals surface area contributed by atoms with E-state index in [0.29, 0.717) is 17.5 Å². The highest BCUT2D eigenvalue weighted by Gasteiger charge is 2.22. The summed E-state index contributed by atoms with van der Waals surface area (Å²) in [7, 11) is 0. The second-order valence-corrected chi connectivity index (χ2v) is 15.4. The molecule has 274 valence electrons. The maximum absolute atomic E-state index is 7.09. The molecule has 0 saturated carbocycles. The van der Waals surface area contributed by atoms with E-state index in [2.05, 4.69) is 121 Å². The van der Waals surface area contributed by atoms with Gasteiger partial charge in [0.1, 0.15) is 5.58 Å². The van der Waals surface area contributed by atoms with Crippen molar-refractivity contribution in [2.75, 3.05) is 0 Å². The number of aromatic nitrogens is 4. The second-order valence-electron chi connectivity index (χ2n) is 14.4. The van der Waals surface area contributed by atoms with Gasteiger partial charge in [0, 0.05) is 64.3 Å². The van der Waals surface area contributed by atoms with Crippen molar-refractivity contribution in [2.24, 2.45) is 0 Å². The molecule has 0 aliphatic rings. The summed E-state index contributed by atoms with van der Waals surface area (Å²) in [4.78, 5) is 15.1. The van der Waals surface area contributed by atoms with E-state index in [1.54, 1.807) is 11.3 Å². The van der Waals surface area contributed by atoms with Gasteiger partial charge < -0.3 is 8.98 Å². The molecule has 0 bridgehead atoms. The van der Waals surface area contributed by atoms with Crippen LogP contribution in [-0.4, -0.2) is 19.5 Å². The monoisotopic (exact) mass is 762 g/mol. The lowest BCUT2D eigenvalue weighted by Gasteiger charge is -2.10. The smallest absolute Gasteiger partial charge is 0.165 e. The van der Waals surface area contributed by atoms with Gasteiger partial charge in [-0.25, -0.2) is 15.0 Å². The van der Waals surface area contributed by atoms with E-state index < -0.39 is 0 Å². The minimum absolute atomic E-state index is 0.645. The molecular weight excluding hydrogens is 729 g/mol. The largest absolute Gasteiger partial charge is 0.453 e. The molecule has 0 unspecified atom stereocenters. The molecule has 58 heavy (non-hydrogen) atoms.